The highest BCUT2D eigenvalue weighted by atomic mass is 127. The van der Waals surface area contributed by atoms with E-state index in [1.165, 1.54) is 0 Å². The number of benzene rings is 3. The highest BCUT2D eigenvalue weighted by molar-refractivity contribution is 14.1. The highest BCUT2D eigenvalue weighted by Crippen LogP contribution is 2.26. The second kappa shape index (κ2) is 21.8. The normalized spacial score (nSPS) is 12.8. The average Bonchev–Trinajstić information content (AvgIpc) is 4.06. The quantitative estimate of drug-likeness (QED) is 0.0703. The second-order valence-electron chi connectivity index (χ2n) is 17.0. The molecule has 0 radical (unpaired) electrons. The molecule has 0 atom stereocenters. The van der Waals surface area contributed by atoms with Crippen LogP contribution in [0.25, 0.3) is 0 Å². The van der Waals surface area contributed by atoms with Crippen LogP contribution in [0.3, 0.4) is 0 Å². The van der Waals surface area contributed by atoms with Crippen molar-refractivity contribution in [1.29, 1.82) is 0 Å². The van der Waals surface area contributed by atoms with Crippen molar-refractivity contribution in [2.45, 2.75) is 59.0 Å². The van der Waals surface area contributed by atoms with E-state index in [4.69, 9.17) is 14.2 Å². The zero-order valence-electron chi connectivity index (χ0n) is 37.9. The number of nitrogens with one attached hydrogen (secondary N) is 2. The number of nitrogens with zero attached hydrogens (tertiary/aromatic N) is 14. The first-order chi connectivity index (χ1) is 30.8. The van der Waals surface area contributed by atoms with Gasteiger partial charge in [-0.15, -0.1) is 20.8 Å². The molecule has 0 amide bonds. The van der Waals surface area contributed by atoms with Crippen molar-refractivity contribution in [2.75, 3.05) is 63.0 Å². The summed E-state index contributed by atoms with van der Waals surface area (Å²) in [6.07, 6.45) is 8.04. The number of hydrogen-bond acceptors (Lipinski definition) is 16. The third-order valence-corrected chi connectivity index (χ3v) is 10.1. The molecule has 1 aliphatic heterocycles. The summed E-state index contributed by atoms with van der Waals surface area (Å²) in [7, 11) is 15.8. The third kappa shape index (κ3) is 14.2. The molecular weight excluding hydrogens is 927 g/mol. The molecule has 7 rings (SSSR count). The Morgan fingerprint density at radius 1 is 0.516 bits per heavy atom. The first-order valence-electron chi connectivity index (χ1n) is 20.9. The number of ether oxygens (including phenoxy) is 3. The molecule has 340 valence electrons. The minimum Gasteiger partial charge on any atom is -0.497 e. The van der Waals surface area contributed by atoms with Gasteiger partial charge in [0.1, 0.15) is 30.5 Å². The van der Waals surface area contributed by atoms with E-state index in [2.05, 4.69) is 128 Å². The average molecular weight is 987 g/mol. The maximum atomic E-state index is 6.56. The van der Waals surface area contributed by atoms with Gasteiger partial charge in [-0.3, -0.25) is 5.01 Å². The molecule has 3 aromatic heterocycles. The molecule has 1 aliphatic rings. The summed E-state index contributed by atoms with van der Waals surface area (Å²) < 4.78 is 26.5. The predicted molar refractivity (Wildman–Crippen MR) is 251 cm³/mol. The van der Waals surface area contributed by atoms with Crippen molar-refractivity contribution in [2.24, 2.45) is 0 Å². The minimum atomic E-state index is 0.312. The third-order valence-electron chi connectivity index (χ3n) is 9.76. The predicted octanol–water partition coefficient (Wildman–Crippen LogP) is 3.91. The number of likely N-dealkylation sites (N-methyl/N-ethyl adjacent to an activating group) is 1. The van der Waals surface area contributed by atoms with Crippen LogP contribution in [0.15, 0.2) is 85.1 Å². The lowest BCUT2D eigenvalue weighted by atomic mass is 10.1. The Labute approximate surface area is 389 Å². The molecule has 0 saturated carbocycles. The molecule has 4 heterocycles. The van der Waals surface area contributed by atoms with Gasteiger partial charge in [0.2, 0.25) is 0 Å². The lowest BCUT2D eigenvalue weighted by Gasteiger charge is -2.18. The van der Waals surface area contributed by atoms with E-state index in [1.54, 1.807) is 7.11 Å². The van der Waals surface area contributed by atoms with Gasteiger partial charge in [-0.25, -0.2) is 17.2 Å². The molecule has 19 nitrogen and oxygen atoms in total. The van der Waals surface area contributed by atoms with E-state index in [-0.39, 0.29) is 0 Å². The lowest BCUT2D eigenvalue weighted by Crippen LogP contribution is -2.37. The smallest absolute Gasteiger partial charge is 0.120 e. The Kier molecular flexibility index (Phi) is 15.8. The molecule has 6 aromatic rings. The molecule has 0 unspecified atom stereocenters. The van der Waals surface area contributed by atoms with Crippen LogP contribution < -0.4 is 25.2 Å². The molecule has 0 spiro atoms. The topological polar surface area (TPSA) is 160 Å². The fraction of sp³-hybridized carbons (Fsp3) is 0.409. The Balaban J connectivity index is 1.08. The monoisotopic (exact) mass is 986 g/mol. The molecule has 64 heavy (non-hydrogen) atoms. The van der Waals surface area contributed by atoms with Crippen LogP contribution in [0.1, 0.15) is 50.5 Å². The van der Waals surface area contributed by atoms with E-state index in [1.807, 2.05) is 102 Å². The van der Waals surface area contributed by atoms with Gasteiger partial charge >= 0.3 is 0 Å². The first kappa shape index (κ1) is 46.3. The summed E-state index contributed by atoms with van der Waals surface area (Å²) in [5.41, 5.74) is 16.4. The standard InChI is InChI=1S/C44H59IN16O3/c1-54(2)22-38-26-58(50-46-38)18-32-9-33(19-59-27-39(47-51-59)23-55(3)4)13-43(12-32)63-30-36-11-37(17-42(16-36)62-8)31-64-44-14-34(20-60-28-40(48-52-60)24-56(5)6)10-35(15-44)21-61-29-41(49-53-61)25-57(7)45/h9-17,26-29,48,52H,18-25,30-31H2,1-8H3. The minimum absolute atomic E-state index is 0.312. The molecule has 2 N–H and O–H groups in total. The van der Waals surface area contributed by atoms with E-state index in [0.29, 0.717) is 59.0 Å². The van der Waals surface area contributed by atoms with Crippen molar-refractivity contribution < 1.29 is 14.2 Å². The number of halogens is 1. The fourth-order valence-corrected chi connectivity index (χ4v) is 7.68. The maximum absolute atomic E-state index is 6.56. The fourth-order valence-electron chi connectivity index (χ4n) is 7.33. The van der Waals surface area contributed by atoms with Gasteiger partial charge < -0.3 is 34.3 Å². The Morgan fingerprint density at radius 3 is 1.34 bits per heavy atom. The van der Waals surface area contributed by atoms with Crippen LogP contribution in [0.2, 0.25) is 0 Å². The lowest BCUT2D eigenvalue weighted by molar-refractivity contribution is 0.260. The molecule has 0 fully saturated rings. The second-order valence-corrected chi connectivity index (χ2v) is 18.6. The summed E-state index contributed by atoms with van der Waals surface area (Å²) in [4.78, 5) is 6.27. The van der Waals surface area contributed by atoms with E-state index >= 15 is 0 Å². The van der Waals surface area contributed by atoms with Crippen LogP contribution in [0, 0.1) is 0 Å². The van der Waals surface area contributed by atoms with Crippen LogP contribution in [-0.2, 0) is 59.0 Å². The number of hydrazine groups is 2. The van der Waals surface area contributed by atoms with Crippen LogP contribution >= 0.6 is 22.9 Å². The van der Waals surface area contributed by atoms with E-state index in [9.17, 15) is 0 Å². The number of rotatable bonds is 23. The molecule has 0 aliphatic carbocycles. The van der Waals surface area contributed by atoms with Crippen molar-refractivity contribution in [3.05, 3.63) is 136 Å². The van der Waals surface area contributed by atoms with Gasteiger partial charge in [-0.05, 0) is 125 Å². The summed E-state index contributed by atoms with van der Waals surface area (Å²) in [6, 6.07) is 18.7. The van der Waals surface area contributed by atoms with Gasteiger partial charge in [0.25, 0.3) is 0 Å². The van der Waals surface area contributed by atoms with Gasteiger partial charge in [0.15, 0.2) is 0 Å². The van der Waals surface area contributed by atoms with Crippen molar-refractivity contribution in [3.63, 3.8) is 0 Å². The summed E-state index contributed by atoms with van der Waals surface area (Å²) in [5.74, 6) is 2.19. The molecule has 20 heteroatoms. The van der Waals surface area contributed by atoms with E-state index < -0.39 is 0 Å². The number of hydrogen-bond donors (Lipinski definition) is 2. The van der Waals surface area contributed by atoms with Crippen molar-refractivity contribution in [3.8, 4) is 17.2 Å². The molecular formula is C44H59IN16O3. The Bertz CT molecular complexity index is 2410. The van der Waals surface area contributed by atoms with Gasteiger partial charge in [0, 0.05) is 48.7 Å². The van der Waals surface area contributed by atoms with Gasteiger partial charge in [-0.2, -0.15) is 0 Å². The maximum Gasteiger partial charge on any atom is 0.120 e. The van der Waals surface area contributed by atoms with Crippen molar-refractivity contribution >= 4 is 22.9 Å². The summed E-state index contributed by atoms with van der Waals surface area (Å²) in [5, 5.41) is 28.3. The Hall–Kier alpha value is -5.65. The zero-order valence-corrected chi connectivity index (χ0v) is 40.1. The van der Waals surface area contributed by atoms with Crippen molar-refractivity contribution in [1.82, 2.24) is 78.8 Å². The van der Waals surface area contributed by atoms with E-state index in [0.717, 1.165) is 80.0 Å². The van der Waals surface area contributed by atoms with Crippen LogP contribution in [0.5, 0.6) is 17.2 Å². The zero-order chi connectivity index (χ0) is 45.2. The van der Waals surface area contributed by atoms with Gasteiger partial charge in [-0.1, -0.05) is 27.8 Å². The van der Waals surface area contributed by atoms with Gasteiger partial charge in [0.05, 0.1) is 81.2 Å². The molecule has 0 bridgehead atoms. The summed E-state index contributed by atoms with van der Waals surface area (Å²) in [6.45, 7) is 5.79. The number of methoxy groups -OCH3 is 1. The highest BCUT2D eigenvalue weighted by Gasteiger charge is 2.15. The molecule has 3 aromatic carbocycles. The first-order valence-corrected chi connectivity index (χ1v) is 21.9. The SMILES string of the molecule is COc1cc(COc2cc(Cn3cc(CN(C)C)nn3)cc(Cn3cc(CN(C)C)nn3)c2)cc(COc2cc(CN3C=C(CN(C)C)NN3)cc(Cn3cc(CN(C)I)nn3)c2)c1. The number of aromatic nitrogens is 9. The largest absolute Gasteiger partial charge is 0.497 e. The van der Waals surface area contributed by atoms with Crippen LogP contribution in [0.4, 0.5) is 0 Å². The van der Waals surface area contributed by atoms with Crippen LogP contribution in [-0.4, -0.2) is 131 Å². The molecule has 0 saturated heterocycles. The summed E-state index contributed by atoms with van der Waals surface area (Å²) >= 11 is 2.25. The Morgan fingerprint density at radius 2 is 0.922 bits per heavy atom.